The van der Waals surface area contributed by atoms with Crippen molar-refractivity contribution >= 4 is 23.8 Å². The first-order chi connectivity index (χ1) is 13.8. The predicted octanol–water partition coefficient (Wildman–Crippen LogP) is 2.22. The van der Waals surface area contributed by atoms with Gasteiger partial charge >= 0.3 is 5.97 Å². The van der Waals surface area contributed by atoms with Gasteiger partial charge in [-0.25, -0.2) is 4.79 Å². The monoisotopic (exact) mass is 399 g/mol. The average Bonchev–Trinajstić information content (AvgIpc) is 2.67. The standard InChI is InChI=1S/C21H29N5O3/c1-5-7-18(17(6-2)20(22)24-25-23)16-10-8-15(9-11-16)12-26(13-27)19(14(3)4)21(28)29/h5-11,13-14,19,25H,1,12,23H2,2-4H3,(H2,22,24)(H,28,29)/b17-6+,18-7-. The molecule has 29 heavy (non-hydrogen) atoms. The molecule has 1 rings (SSSR count). The van der Waals surface area contributed by atoms with E-state index in [-0.39, 0.29) is 18.3 Å². The summed E-state index contributed by atoms with van der Waals surface area (Å²) in [5, 5.41) is 17.5. The van der Waals surface area contributed by atoms with E-state index in [0.717, 1.165) is 16.7 Å². The zero-order valence-corrected chi connectivity index (χ0v) is 17.0. The van der Waals surface area contributed by atoms with Crippen LogP contribution in [0.15, 0.2) is 54.6 Å². The number of hydrazine groups is 2. The number of hydrogen-bond acceptors (Lipinski definition) is 5. The zero-order valence-electron chi connectivity index (χ0n) is 17.0. The van der Waals surface area contributed by atoms with Crippen molar-refractivity contribution in [2.75, 3.05) is 0 Å². The number of amidine groups is 1. The number of allylic oxidation sites excluding steroid dienone is 3. The number of amides is 1. The topological polar surface area (TPSA) is 132 Å². The summed E-state index contributed by atoms with van der Waals surface area (Å²) < 4.78 is 0. The molecule has 8 heteroatoms. The number of benzene rings is 1. The van der Waals surface area contributed by atoms with E-state index in [1.807, 2.05) is 31.2 Å². The Balaban J connectivity index is 3.16. The summed E-state index contributed by atoms with van der Waals surface area (Å²) in [4.78, 5) is 24.3. The molecular weight excluding hydrogens is 370 g/mol. The highest BCUT2D eigenvalue weighted by atomic mass is 16.4. The van der Waals surface area contributed by atoms with E-state index in [1.165, 1.54) is 4.90 Å². The van der Waals surface area contributed by atoms with E-state index < -0.39 is 12.0 Å². The van der Waals surface area contributed by atoms with E-state index in [9.17, 15) is 14.7 Å². The van der Waals surface area contributed by atoms with Crippen LogP contribution in [0.3, 0.4) is 0 Å². The van der Waals surface area contributed by atoms with Gasteiger partial charge in [-0.05, 0) is 29.5 Å². The molecule has 6 N–H and O–H groups in total. The van der Waals surface area contributed by atoms with Crippen LogP contribution >= 0.6 is 0 Å². The number of nitrogens with two attached hydrogens (primary N) is 1. The van der Waals surface area contributed by atoms with E-state index in [1.54, 1.807) is 32.1 Å². The third-order valence-corrected chi connectivity index (χ3v) is 4.34. The maximum atomic E-state index is 11.5. The van der Waals surface area contributed by atoms with E-state index in [2.05, 4.69) is 17.5 Å². The van der Waals surface area contributed by atoms with Gasteiger partial charge in [-0.2, -0.15) is 5.53 Å². The molecule has 8 nitrogen and oxygen atoms in total. The summed E-state index contributed by atoms with van der Waals surface area (Å²) in [5.74, 6) is 4.09. The van der Waals surface area contributed by atoms with Crippen LogP contribution in [0.25, 0.3) is 5.57 Å². The Morgan fingerprint density at radius 3 is 2.38 bits per heavy atom. The molecule has 0 aliphatic rings. The minimum Gasteiger partial charge on any atom is -0.480 e. The molecule has 0 aromatic heterocycles. The van der Waals surface area contributed by atoms with Gasteiger partial charge < -0.3 is 10.0 Å². The van der Waals surface area contributed by atoms with Crippen molar-refractivity contribution in [3.8, 4) is 0 Å². The molecule has 0 radical (unpaired) electrons. The highest BCUT2D eigenvalue weighted by molar-refractivity contribution is 6.10. The number of hydrogen-bond donors (Lipinski definition) is 5. The molecule has 0 aliphatic heterocycles. The second-order valence-corrected chi connectivity index (χ2v) is 6.66. The van der Waals surface area contributed by atoms with Gasteiger partial charge in [-0.15, -0.1) is 0 Å². The Bertz CT molecular complexity index is 797. The van der Waals surface area contributed by atoms with Gasteiger partial charge in [0.05, 0.1) is 0 Å². The number of carbonyl (C=O) groups is 2. The van der Waals surface area contributed by atoms with Gasteiger partial charge in [-0.1, -0.05) is 62.9 Å². The van der Waals surface area contributed by atoms with Crippen molar-refractivity contribution in [3.05, 3.63) is 65.8 Å². The van der Waals surface area contributed by atoms with Crippen LogP contribution in [0.4, 0.5) is 0 Å². The Hall–Kier alpha value is -3.23. The number of carboxylic acids is 1. The lowest BCUT2D eigenvalue weighted by Gasteiger charge is -2.28. The lowest BCUT2D eigenvalue weighted by Crippen LogP contribution is -2.43. The maximum absolute atomic E-state index is 11.5. The smallest absolute Gasteiger partial charge is 0.326 e. The molecule has 1 aromatic carbocycles. The Morgan fingerprint density at radius 1 is 1.34 bits per heavy atom. The third-order valence-electron chi connectivity index (χ3n) is 4.34. The molecule has 1 unspecified atom stereocenters. The average molecular weight is 399 g/mol. The largest absolute Gasteiger partial charge is 0.480 e. The van der Waals surface area contributed by atoms with Gasteiger partial charge in [-0.3, -0.25) is 21.5 Å². The fourth-order valence-electron chi connectivity index (χ4n) is 3.05. The Labute approximate surface area is 171 Å². The molecule has 0 heterocycles. The molecule has 1 amide bonds. The highest BCUT2D eigenvalue weighted by Crippen LogP contribution is 2.25. The number of nitrogens with one attached hydrogen (secondary N) is 3. The number of aliphatic carboxylic acids is 1. The lowest BCUT2D eigenvalue weighted by molar-refractivity contribution is -0.148. The molecule has 0 fully saturated rings. The first-order valence-corrected chi connectivity index (χ1v) is 9.13. The van der Waals surface area contributed by atoms with Crippen LogP contribution in [-0.2, 0) is 16.1 Å². The molecule has 0 saturated heterocycles. The van der Waals surface area contributed by atoms with Crippen molar-refractivity contribution < 1.29 is 14.7 Å². The maximum Gasteiger partial charge on any atom is 0.326 e. The molecule has 0 bridgehead atoms. The van der Waals surface area contributed by atoms with E-state index in [0.29, 0.717) is 12.0 Å². The summed E-state index contributed by atoms with van der Waals surface area (Å²) >= 11 is 0. The third kappa shape index (κ3) is 6.41. The number of rotatable bonds is 11. The van der Waals surface area contributed by atoms with Gasteiger partial charge in [0.25, 0.3) is 0 Å². The van der Waals surface area contributed by atoms with Crippen molar-refractivity contribution in [1.82, 2.24) is 15.9 Å². The normalized spacial score (nSPS) is 13.0. The van der Waals surface area contributed by atoms with E-state index >= 15 is 0 Å². The van der Waals surface area contributed by atoms with Crippen molar-refractivity contribution in [2.45, 2.75) is 33.4 Å². The van der Waals surface area contributed by atoms with Crippen LogP contribution in [-0.4, -0.2) is 34.3 Å². The minimum atomic E-state index is -1.03. The fraction of sp³-hybridized carbons (Fsp3) is 0.286. The minimum absolute atomic E-state index is 0.0977. The lowest BCUT2D eigenvalue weighted by atomic mass is 9.95. The van der Waals surface area contributed by atoms with Gasteiger partial charge in [0.2, 0.25) is 6.41 Å². The van der Waals surface area contributed by atoms with Crippen LogP contribution in [0, 0.1) is 11.3 Å². The van der Waals surface area contributed by atoms with Gasteiger partial charge in [0, 0.05) is 12.1 Å². The van der Waals surface area contributed by atoms with Crippen molar-refractivity contribution in [1.29, 1.82) is 5.41 Å². The summed E-state index contributed by atoms with van der Waals surface area (Å²) in [6, 6.07) is 6.46. The molecule has 0 aliphatic carbocycles. The SMILES string of the molecule is C=C/C=C(\C(=C/C)C(=N)NNN)c1ccc(CN(C=O)C(C(=O)O)C(C)C)cc1. The Morgan fingerprint density at radius 2 is 1.97 bits per heavy atom. The van der Waals surface area contributed by atoms with Gasteiger partial charge in [0.1, 0.15) is 11.9 Å². The molecule has 0 saturated carbocycles. The van der Waals surface area contributed by atoms with Crippen LogP contribution in [0.2, 0.25) is 0 Å². The molecule has 0 spiro atoms. The number of carbonyl (C=O) groups excluding carboxylic acids is 1. The molecule has 1 aromatic rings. The molecular formula is C21H29N5O3. The second kappa shape index (κ2) is 11.6. The quantitative estimate of drug-likeness (QED) is 0.0968. The summed E-state index contributed by atoms with van der Waals surface area (Å²) in [6.45, 7) is 9.26. The zero-order chi connectivity index (χ0) is 22.0. The van der Waals surface area contributed by atoms with Gasteiger partial charge in [0.15, 0.2) is 0 Å². The first-order valence-electron chi connectivity index (χ1n) is 9.13. The molecule has 156 valence electrons. The summed E-state index contributed by atoms with van der Waals surface area (Å²) in [5.41, 5.74) is 7.81. The van der Waals surface area contributed by atoms with Crippen LogP contribution in [0.1, 0.15) is 31.9 Å². The highest BCUT2D eigenvalue weighted by Gasteiger charge is 2.27. The van der Waals surface area contributed by atoms with Crippen molar-refractivity contribution in [2.24, 2.45) is 11.8 Å². The number of nitrogens with zero attached hydrogens (tertiary/aromatic N) is 1. The van der Waals surface area contributed by atoms with Crippen molar-refractivity contribution in [3.63, 3.8) is 0 Å². The predicted molar refractivity (Wildman–Crippen MR) is 114 cm³/mol. The van der Waals surface area contributed by atoms with Crippen LogP contribution < -0.4 is 16.8 Å². The fourth-order valence-corrected chi connectivity index (χ4v) is 3.05. The Kier molecular flexibility index (Phi) is 9.50. The first kappa shape index (κ1) is 23.8. The summed E-state index contributed by atoms with van der Waals surface area (Å²) in [6.07, 6.45) is 5.77. The molecule has 1 atom stereocenters. The number of carboxylic acid groups (broad SMARTS) is 1. The second-order valence-electron chi connectivity index (χ2n) is 6.66. The van der Waals surface area contributed by atoms with E-state index in [4.69, 9.17) is 11.3 Å². The van der Waals surface area contributed by atoms with Crippen LogP contribution in [0.5, 0.6) is 0 Å². The summed E-state index contributed by atoms with van der Waals surface area (Å²) in [7, 11) is 0.